The zero-order valence-corrected chi connectivity index (χ0v) is 10.4. The van der Waals surface area contributed by atoms with Crippen LogP contribution in [0.4, 0.5) is 5.69 Å². The largest absolute Gasteiger partial charge is 0.382 e. The van der Waals surface area contributed by atoms with Gasteiger partial charge in [-0.25, -0.2) is 0 Å². The van der Waals surface area contributed by atoms with Gasteiger partial charge in [-0.1, -0.05) is 18.2 Å². The van der Waals surface area contributed by atoms with E-state index < -0.39 is 7.60 Å². The SMILES string of the molecule is CN1CCN/C(=C\P(=O)(O)O)c2ccccc21. The summed E-state index contributed by atoms with van der Waals surface area (Å²) in [5, 5.41) is 3.05. The van der Waals surface area contributed by atoms with Gasteiger partial charge in [0.1, 0.15) is 0 Å². The van der Waals surface area contributed by atoms with Gasteiger partial charge >= 0.3 is 7.60 Å². The fraction of sp³-hybridized carbons (Fsp3) is 0.273. The lowest BCUT2D eigenvalue weighted by molar-refractivity contribution is 0.386. The molecule has 0 atom stereocenters. The zero-order valence-electron chi connectivity index (χ0n) is 9.50. The minimum absolute atomic E-state index is 0.498. The Labute approximate surface area is 99.9 Å². The third kappa shape index (κ3) is 2.88. The smallest absolute Gasteiger partial charge is 0.351 e. The third-order valence-corrected chi connectivity index (χ3v) is 3.26. The van der Waals surface area contributed by atoms with Crippen LogP contribution in [0, 0.1) is 0 Å². The van der Waals surface area contributed by atoms with Crippen LogP contribution in [0.25, 0.3) is 5.70 Å². The van der Waals surface area contributed by atoms with Gasteiger partial charge in [0.05, 0.1) is 11.5 Å². The Hall–Kier alpha value is -1.29. The Balaban J connectivity index is 2.53. The molecule has 92 valence electrons. The topological polar surface area (TPSA) is 72.8 Å². The van der Waals surface area contributed by atoms with Gasteiger partial charge in [-0.3, -0.25) is 4.57 Å². The maximum atomic E-state index is 11.1. The molecule has 1 aliphatic rings. The summed E-state index contributed by atoms with van der Waals surface area (Å²) in [5.74, 6) is 0.991. The summed E-state index contributed by atoms with van der Waals surface area (Å²) in [6.07, 6.45) is 0. The van der Waals surface area contributed by atoms with E-state index in [1.54, 1.807) is 0 Å². The van der Waals surface area contributed by atoms with Crippen molar-refractivity contribution in [3.8, 4) is 0 Å². The molecule has 0 amide bonds. The highest BCUT2D eigenvalue weighted by Gasteiger charge is 2.18. The first-order valence-electron chi connectivity index (χ1n) is 5.30. The number of likely N-dealkylation sites (N-methyl/N-ethyl adjacent to an activating group) is 1. The van der Waals surface area contributed by atoms with Crippen molar-refractivity contribution in [1.29, 1.82) is 0 Å². The van der Waals surface area contributed by atoms with Crippen molar-refractivity contribution >= 4 is 19.0 Å². The number of benzene rings is 1. The van der Waals surface area contributed by atoms with E-state index >= 15 is 0 Å². The first kappa shape index (κ1) is 12.2. The molecule has 0 aromatic heterocycles. The molecule has 2 rings (SSSR count). The van der Waals surface area contributed by atoms with Crippen molar-refractivity contribution < 1.29 is 14.4 Å². The quantitative estimate of drug-likeness (QED) is 0.657. The van der Waals surface area contributed by atoms with Crippen LogP contribution >= 0.6 is 7.60 Å². The molecule has 0 saturated heterocycles. The van der Waals surface area contributed by atoms with Gasteiger partial charge in [-0.05, 0) is 6.07 Å². The highest BCUT2D eigenvalue weighted by atomic mass is 31.2. The number of fused-ring (bicyclic) bond motifs is 1. The summed E-state index contributed by atoms with van der Waals surface area (Å²) in [6.45, 7) is 1.44. The molecule has 6 heteroatoms. The zero-order chi connectivity index (χ0) is 12.5. The highest BCUT2D eigenvalue weighted by Crippen LogP contribution is 2.40. The first-order valence-corrected chi connectivity index (χ1v) is 6.98. The van der Waals surface area contributed by atoms with Gasteiger partial charge in [0, 0.05) is 31.4 Å². The molecule has 3 N–H and O–H groups in total. The van der Waals surface area contributed by atoms with Crippen LogP contribution in [0.3, 0.4) is 0 Å². The van der Waals surface area contributed by atoms with Crippen LogP contribution in [0.5, 0.6) is 0 Å². The maximum absolute atomic E-state index is 11.1. The standard InChI is InChI=1S/C11H15N2O3P/c1-13-7-6-12-10(8-17(14,15)16)9-4-2-3-5-11(9)13/h2-5,8,12H,6-7H2,1H3,(H2,14,15,16)/b10-8-. The minimum Gasteiger partial charge on any atom is -0.382 e. The molecule has 5 nitrogen and oxygen atoms in total. The van der Waals surface area contributed by atoms with E-state index in [0.717, 1.165) is 23.6 Å². The van der Waals surface area contributed by atoms with Crippen molar-refractivity contribution in [2.24, 2.45) is 0 Å². The summed E-state index contributed by atoms with van der Waals surface area (Å²) in [6, 6.07) is 7.56. The summed E-state index contributed by atoms with van der Waals surface area (Å²) < 4.78 is 11.1. The molecule has 1 aromatic rings. The second kappa shape index (κ2) is 4.53. The van der Waals surface area contributed by atoms with Crippen molar-refractivity contribution in [2.45, 2.75) is 0 Å². The Bertz CT molecular complexity index is 495. The fourth-order valence-electron chi connectivity index (χ4n) is 1.89. The van der Waals surface area contributed by atoms with Gasteiger partial charge in [0.15, 0.2) is 0 Å². The van der Waals surface area contributed by atoms with Crippen LogP contribution in [0.15, 0.2) is 30.1 Å². The van der Waals surface area contributed by atoms with Gasteiger partial charge < -0.3 is 20.0 Å². The molecule has 0 saturated carbocycles. The maximum Gasteiger partial charge on any atom is 0.351 e. The molecule has 0 spiro atoms. The number of para-hydroxylation sites is 1. The predicted molar refractivity (Wildman–Crippen MR) is 67.7 cm³/mol. The molecule has 1 heterocycles. The molecule has 0 aliphatic carbocycles. The second-order valence-electron chi connectivity index (χ2n) is 4.00. The molecule has 0 fully saturated rings. The van der Waals surface area contributed by atoms with Crippen LogP contribution in [0.1, 0.15) is 5.56 Å². The Morgan fingerprint density at radius 2 is 2.12 bits per heavy atom. The lowest BCUT2D eigenvalue weighted by atomic mass is 10.1. The third-order valence-electron chi connectivity index (χ3n) is 2.67. The van der Waals surface area contributed by atoms with Crippen molar-refractivity contribution in [1.82, 2.24) is 5.32 Å². The van der Waals surface area contributed by atoms with E-state index in [1.807, 2.05) is 31.3 Å². The van der Waals surface area contributed by atoms with Gasteiger partial charge in [-0.15, -0.1) is 0 Å². The lowest BCUT2D eigenvalue weighted by Gasteiger charge is -2.18. The number of anilines is 1. The summed E-state index contributed by atoms with van der Waals surface area (Å²) in [7, 11) is -2.21. The van der Waals surface area contributed by atoms with E-state index in [2.05, 4.69) is 10.2 Å². The van der Waals surface area contributed by atoms with E-state index in [0.29, 0.717) is 12.2 Å². The van der Waals surface area contributed by atoms with Crippen molar-refractivity contribution in [3.05, 3.63) is 35.6 Å². The highest BCUT2D eigenvalue weighted by molar-refractivity contribution is 7.55. The van der Waals surface area contributed by atoms with E-state index in [9.17, 15) is 4.57 Å². The fourth-order valence-corrected chi connectivity index (χ4v) is 2.46. The molecule has 1 aliphatic heterocycles. The lowest BCUT2D eigenvalue weighted by Crippen LogP contribution is -2.24. The average molecular weight is 254 g/mol. The number of nitrogens with one attached hydrogen (secondary N) is 1. The van der Waals surface area contributed by atoms with Crippen molar-refractivity contribution in [3.63, 3.8) is 0 Å². The summed E-state index contributed by atoms with van der Waals surface area (Å²) in [5.41, 5.74) is 2.28. The number of nitrogens with zero attached hydrogens (tertiary/aromatic N) is 1. The first-order chi connectivity index (χ1) is 7.97. The predicted octanol–water partition coefficient (Wildman–Crippen LogP) is 1.20. The van der Waals surface area contributed by atoms with Gasteiger partial charge in [0.2, 0.25) is 0 Å². The van der Waals surface area contributed by atoms with Crippen LogP contribution in [-0.2, 0) is 4.57 Å². The van der Waals surface area contributed by atoms with Gasteiger partial charge in [-0.2, -0.15) is 0 Å². The molecule has 0 unspecified atom stereocenters. The second-order valence-corrected chi connectivity index (χ2v) is 5.43. The van der Waals surface area contributed by atoms with Crippen LogP contribution in [-0.4, -0.2) is 29.9 Å². The Kier molecular flexibility index (Phi) is 3.24. The summed E-state index contributed by atoms with van der Waals surface area (Å²) >= 11 is 0. The minimum atomic E-state index is -4.17. The average Bonchev–Trinajstić information content (AvgIpc) is 2.39. The molecule has 1 aromatic carbocycles. The Morgan fingerprint density at radius 1 is 1.41 bits per heavy atom. The van der Waals surface area contributed by atoms with Crippen molar-refractivity contribution in [2.75, 3.05) is 25.0 Å². The molecule has 17 heavy (non-hydrogen) atoms. The Morgan fingerprint density at radius 3 is 2.82 bits per heavy atom. The van der Waals surface area contributed by atoms with E-state index in [1.165, 1.54) is 0 Å². The number of rotatable bonds is 1. The molecule has 0 radical (unpaired) electrons. The van der Waals surface area contributed by atoms with E-state index in [-0.39, 0.29) is 0 Å². The van der Waals surface area contributed by atoms with E-state index in [4.69, 9.17) is 9.79 Å². The number of hydrogen-bond donors (Lipinski definition) is 3. The van der Waals surface area contributed by atoms with Crippen LogP contribution in [0.2, 0.25) is 0 Å². The normalized spacial score (nSPS) is 18.5. The monoisotopic (exact) mass is 254 g/mol. The molecular weight excluding hydrogens is 239 g/mol. The number of hydrogen-bond acceptors (Lipinski definition) is 3. The molecular formula is C11H15N2O3P. The van der Waals surface area contributed by atoms with Gasteiger partial charge in [0.25, 0.3) is 0 Å². The molecule has 0 bridgehead atoms. The van der Waals surface area contributed by atoms with Crippen LogP contribution < -0.4 is 10.2 Å². The summed E-state index contributed by atoms with van der Waals surface area (Å²) in [4.78, 5) is 20.1.